The summed E-state index contributed by atoms with van der Waals surface area (Å²) < 4.78 is 7.01. The lowest BCUT2D eigenvalue weighted by molar-refractivity contribution is -0.684. The Kier molecular flexibility index (Phi) is 5.87. The van der Waals surface area contributed by atoms with Crippen molar-refractivity contribution in [3.63, 3.8) is 0 Å². The summed E-state index contributed by atoms with van der Waals surface area (Å²) in [5.74, 6) is 0.606. The maximum Gasteiger partial charge on any atom is 0.305 e. The monoisotopic (exact) mass is 296 g/mol. The molecule has 0 bridgehead atoms. The summed E-state index contributed by atoms with van der Waals surface area (Å²) in [5, 5.41) is 3.87. The van der Waals surface area contributed by atoms with Crippen LogP contribution < -0.4 is 14.7 Å². The van der Waals surface area contributed by atoms with E-state index in [-0.39, 0.29) is 12.5 Å². The van der Waals surface area contributed by atoms with Gasteiger partial charge in [0.05, 0.1) is 7.11 Å². The number of hydrogen-bond acceptors (Lipinski definition) is 3. The van der Waals surface area contributed by atoms with Crippen molar-refractivity contribution in [3.8, 4) is 5.75 Å². The molecule has 22 heavy (non-hydrogen) atoms. The molecule has 1 heterocycles. The first-order valence-corrected chi connectivity index (χ1v) is 6.85. The number of rotatable bonds is 6. The molecular formula is C17H18N3O2+. The van der Waals surface area contributed by atoms with E-state index in [2.05, 4.69) is 10.5 Å². The second-order valence-electron chi connectivity index (χ2n) is 4.46. The minimum Gasteiger partial charge on any atom is -0.496 e. The maximum atomic E-state index is 11.7. The second-order valence-corrected chi connectivity index (χ2v) is 4.46. The van der Waals surface area contributed by atoms with Gasteiger partial charge in [0, 0.05) is 23.9 Å². The Hall–Kier alpha value is -2.95. The van der Waals surface area contributed by atoms with E-state index in [1.165, 1.54) is 6.21 Å². The molecule has 0 unspecified atom stereocenters. The van der Waals surface area contributed by atoms with E-state index in [0.29, 0.717) is 0 Å². The highest BCUT2D eigenvalue weighted by Gasteiger charge is 2.06. The molecule has 0 saturated heterocycles. The van der Waals surface area contributed by atoms with Gasteiger partial charge in [0.25, 0.3) is 0 Å². The topological polar surface area (TPSA) is 54.6 Å². The van der Waals surface area contributed by atoms with Crippen molar-refractivity contribution in [1.29, 1.82) is 0 Å². The molecule has 0 spiro atoms. The molecule has 1 amide bonds. The third-order valence-corrected chi connectivity index (χ3v) is 2.87. The smallest absolute Gasteiger partial charge is 0.305 e. The fourth-order valence-corrected chi connectivity index (χ4v) is 1.84. The molecule has 0 fully saturated rings. The van der Waals surface area contributed by atoms with E-state index in [1.54, 1.807) is 17.8 Å². The molecule has 0 aliphatic rings. The second kappa shape index (κ2) is 8.36. The van der Waals surface area contributed by atoms with Crippen LogP contribution in [0.25, 0.3) is 6.08 Å². The van der Waals surface area contributed by atoms with Gasteiger partial charge >= 0.3 is 5.91 Å². The van der Waals surface area contributed by atoms with E-state index in [0.717, 1.165) is 11.3 Å². The molecule has 112 valence electrons. The van der Waals surface area contributed by atoms with Crippen molar-refractivity contribution in [3.05, 3.63) is 66.5 Å². The van der Waals surface area contributed by atoms with Crippen LogP contribution in [0, 0.1) is 0 Å². The first kappa shape index (κ1) is 15.4. The van der Waals surface area contributed by atoms with Gasteiger partial charge in [-0.05, 0) is 18.2 Å². The van der Waals surface area contributed by atoms with Crippen LogP contribution in [-0.2, 0) is 11.3 Å². The van der Waals surface area contributed by atoms with Crippen LogP contribution in [-0.4, -0.2) is 19.2 Å². The fourth-order valence-electron chi connectivity index (χ4n) is 1.84. The third-order valence-electron chi connectivity index (χ3n) is 2.87. The Labute approximate surface area is 129 Å². The Morgan fingerprint density at radius 1 is 1.23 bits per heavy atom. The van der Waals surface area contributed by atoms with Crippen molar-refractivity contribution in [1.82, 2.24) is 5.43 Å². The molecule has 5 heteroatoms. The highest BCUT2D eigenvalue weighted by Crippen LogP contribution is 2.18. The highest BCUT2D eigenvalue weighted by molar-refractivity contribution is 5.81. The van der Waals surface area contributed by atoms with Gasteiger partial charge in [0.1, 0.15) is 5.75 Å². The SMILES string of the molecule is COc1ccccc1/C=C\C=N\NC(=O)C[n+]1ccccc1. The number of nitrogens with one attached hydrogen (secondary N) is 1. The van der Waals surface area contributed by atoms with Crippen LogP contribution in [0.5, 0.6) is 5.75 Å². The molecule has 0 aliphatic carbocycles. The van der Waals surface area contributed by atoms with Crippen LogP contribution >= 0.6 is 0 Å². The number of carbonyl (C=O) groups excluding carboxylic acids is 1. The number of carbonyl (C=O) groups is 1. The number of pyridine rings is 1. The lowest BCUT2D eigenvalue weighted by Gasteiger charge is -2.02. The van der Waals surface area contributed by atoms with Gasteiger partial charge in [-0.3, -0.25) is 4.79 Å². The fraction of sp³-hybridized carbons (Fsp3) is 0.118. The van der Waals surface area contributed by atoms with Crippen molar-refractivity contribution >= 4 is 18.2 Å². The summed E-state index contributed by atoms with van der Waals surface area (Å²) in [6.07, 6.45) is 8.78. The van der Waals surface area contributed by atoms with Crippen LogP contribution in [0.1, 0.15) is 5.56 Å². The molecule has 0 saturated carbocycles. The zero-order valence-corrected chi connectivity index (χ0v) is 12.3. The molecule has 2 aromatic rings. The molecule has 0 radical (unpaired) electrons. The maximum absolute atomic E-state index is 11.7. The van der Waals surface area contributed by atoms with E-state index in [1.807, 2.05) is 60.9 Å². The minimum atomic E-state index is -0.182. The molecule has 1 N–H and O–H groups in total. The predicted octanol–water partition coefficient (Wildman–Crippen LogP) is 1.80. The normalized spacial score (nSPS) is 11.0. The van der Waals surface area contributed by atoms with Crippen molar-refractivity contribution in [2.24, 2.45) is 5.10 Å². The number of methoxy groups -OCH3 is 1. The van der Waals surface area contributed by atoms with Gasteiger partial charge in [0.15, 0.2) is 12.4 Å². The largest absolute Gasteiger partial charge is 0.496 e. The summed E-state index contributed by atoms with van der Waals surface area (Å²) in [6.45, 7) is 0.231. The molecular weight excluding hydrogens is 278 g/mol. The van der Waals surface area contributed by atoms with Gasteiger partial charge in [-0.2, -0.15) is 9.67 Å². The average Bonchev–Trinajstić information content (AvgIpc) is 2.56. The number of para-hydroxylation sites is 1. The van der Waals surface area contributed by atoms with Gasteiger partial charge < -0.3 is 4.74 Å². The standard InChI is InChI=1S/C17H17N3O2/c1-22-16-10-4-3-8-15(16)9-7-11-18-19-17(21)14-20-12-5-2-6-13-20/h2-13H,14H2,1H3/p+1/b9-7-,18-11+. The lowest BCUT2D eigenvalue weighted by Crippen LogP contribution is -2.40. The molecule has 2 rings (SSSR count). The van der Waals surface area contributed by atoms with Crippen molar-refractivity contribution in [2.75, 3.05) is 7.11 Å². The van der Waals surface area contributed by atoms with Gasteiger partial charge in [-0.25, -0.2) is 5.43 Å². The minimum absolute atomic E-state index is 0.182. The first-order valence-electron chi connectivity index (χ1n) is 6.85. The average molecular weight is 296 g/mol. The van der Waals surface area contributed by atoms with Crippen molar-refractivity contribution < 1.29 is 14.1 Å². The Balaban J connectivity index is 1.83. The number of allylic oxidation sites excluding steroid dienone is 1. The molecule has 5 nitrogen and oxygen atoms in total. The van der Waals surface area contributed by atoms with Gasteiger partial charge in [-0.15, -0.1) is 0 Å². The number of amides is 1. The zero-order valence-electron chi connectivity index (χ0n) is 12.3. The molecule has 1 aromatic heterocycles. The number of hydrazone groups is 1. The number of benzene rings is 1. The Morgan fingerprint density at radius 3 is 2.77 bits per heavy atom. The highest BCUT2D eigenvalue weighted by atomic mass is 16.5. The summed E-state index contributed by atoms with van der Waals surface area (Å²) >= 11 is 0. The Morgan fingerprint density at radius 2 is 2.00 bits per heavy atom. The quantitative estimate of drug-likeness (QED) is 0.502. The van der Waals surface area contributed by atoms with E-state index in [4.69, 9.17) is 4.74 Å². The van der Waals surface area contributed by atoms with Gasteiger partial charge in [0.2, 0.25) is 6.54 Å². The van der Waals surface area contributed by atoms with Crippen LogP contribution in [0.15, 0.2) is 66.0 Å². The molecule has 1 aromatic carbocycles. The summed E-state index contributed by atoms with van der Waals surface area (Å²) in [7, 11) is 1.63. The summed E-state index contributed by atoms with van der Waals surface area (Å²) in [6, 6.07) is 13.3. The number of aromatic nitrogens is 1. The zero-order chi connectivity index (χ0) is 15.6. The number of ether oxygens (including phenoxy) is 1. The number of nitrogens with zero attached hydrogens (tertiary/aromatic N) is 2. The number of hydrogen-bond donors (Lipinski definition) is 1. The lowest BCUT2D eigenvalue weighted by atomic mass is 10.2. The molecule has 0 atom stereocenters. The van der Waals surface area contributed by atoms with Crippen LogP contribution in [0.3, 0.4) is 0 Å². The van der Waals surface area contributed by atoms with E-state index >= 15 is 0 Å². The summed E-state index contributed by atoms with van der Waals surface area (Å²) in [5.41, 5.74) is 3.42. The van der Waals surface area contributed by atoms with Crippen molar-refractivity contribution in [2.45, 2.75) is 6.54 Å². The third kappa shape index (κ3) is 4.86. The van der Waals surface area contributed by atoms with E-state index in [9.17, 15) is 4.79 Å². The molecule has 0 aliphatic heterocycles. The van der Waals surface area contributed by atoms with Crippen LogP contribution in [0.2, 0.25) is 0 Å². The Bertz CT molecular complexity index is 667. The van der Waals surface area contributed by atoms with Crippen LogP contribution in [0.4, 0.5) is 0 Å². The first-order chi connectivity index (χ1) is 10.8. The predicted molar refractivity (Wildman–Crippen MR) is 85.3 cm³/mol. The summed E-state index contributed by atoms with van der Waals surface area (Å²) in [4.78, 5) is 11.7. The van der Waals surface area contributed by atoms with E-state index < -0.39 is 0 Å². The van der Waals surface area contributed by atoms with Gasteiger partial charge in [-0.1, -0.05) is 24.3 Å².